The molecule has 8 heteroatoms. The van der Waals surface area contributed by atoms with Crippen molar-refractivity contribution >= 4 is 11.6 Å². The van der Waals surface area contributed by atoms with E-state index in [1.807, 2.05) is 35.0 Å². The Kier molecular flexibility index (Phi) is 5.90. The van der Waals surface area contributed by atoms with Gasteiger partial charge in [0, 0.05) is 50.7 Å². The predicted octanol–water partition coefficient (Wildman–Crippen LogP) is 1.94. The van der Waals surface area contributed by atoms with Crippen LogP contribution < -0.4 is 5.32 Å². The number of hydrogen-bond acceptors (Lipinski definition) is 6. The van der Waals surface area contributed by atoms with Crippen molar-refractivity contribution in [1.82, 2.24) is 34.7 Å². The number of carbonyl (C=O) groups is 1. The number of carbonyl (C=O) groups excluding carboxylic acids is 1. The minimum Gasteiger partial charge on any atom is -0.351 e. The van der Waals surface area contributed by atoms with Crippen molar-refractivity contribution in [3.63, 3.8) is 0 Å². The molecule has 2 saturated heterocycles. The summed E-state index contributed by atoms with van der Waals surface area (Å²) in [6, 6.07) is 7.81. The second-order valence-corrected chi connectivity index (χ2v) is 8.59. The van der Waals surface area contributed by atoms with E-state index in [4.69, 9.17) is 0 Å². The first-order chi connectivity index (χ1) is 15.3. The van der Waals surface area contributed by atoms with Crippen molar-refractivity contribution in [3.8, 4) is 0 Å². The standard InChI is InChI=1S/C23H29N7O/c31-23(25-9-13-28-10-1-2-11-28)20-5-6-21-26-27-22(30(21)17-20)19-7-12-29(16-19)15-18-4-3-8-24-14-18/h3-6,8,14,17,19H,1-2,7,9-13,15-16H2,(H,25,31). The van der Waals surface area contributed by atoms with Gasteiger partial charge in [-0.3, -0.25) is 19.1 Å². The van der Waals surface area contributed by atoms with Crippen molar-refractivity contribution in [2.24, 2.45) is 0 Å². The van der Waals surface area contributed by atoms with Crippen LogP contribution in [0, 0.1) is 0 Å². The van der Waals surface area contributed by atoms with Gasteiger partial charge in [0.05, 0.1) is 5.56 Å². The molecule has 5 heterocycles. The van der Waals surface area contributed by atoms with Gasteiger partial charge >= 0.3 is 0 Å². The Labute approximate surface area is 182 Å². The smallest absolute Gasteiger partial charge is 0.252 e. The van der Waals surface area contributed by atoms with Gasteiger partial charge in [-0.25, -0.2) is 0 Å². The largest absolute Gasteiger partial charge is 0.351 e. The molecular formula is C23H29N7O. The Bertz CT molecular complexity index is 1030. The van der Waals surface area contributed by atoms with Gasteiger partial charge in [0.25, 0.3) is 5.91 Å². The Morgan fingerprint density at radius 2 is 2.00 bits per heavy atom. The van der Waals surface area contributed by atoms with Crippen LogP contribution in [0.15, 0.2) is 42.9 Å². The SMILES string of the molecule is O=C(NCCN1CCCC1)c1ccc2nnc(C3CCN(Cc4cccnc4)C3)n2c1. The van der Waals surface area contributed by atoms with E-state index in [9.17, 15) is 4.79 Å². The van der Waals surface area contributed by atoms with E-state index in [1.165, 1.54) is 18.4 Å². The Morgan fingerprint density at radius 3 is 2.84 bits per heavy atom. The topological polar surface area (TPSA) is 78.7 Å². The van der Waals surface area contributed by atoms with Crippen LogP contribution >= 0.6 is 0 Å². The molecule has 1 atom stereocenters. The highest BCUT2D eigenvalue weighted by atomic mass is 16.1. The van der Waals surface area contributed by atoms with E-state index in [2.05, 4.69) is 36.4 Å². The van der Waals surface area contributed by atoms with Crippen LogP contribution in [-0.2, 0) is 6.54 Å². The van der Waals surface area contributed by atoms with E-state index in [0.717, 1.165) is 57.2 Å². The van der Waals surface area contributed by atoms with Gasteiger partial charge in [-0.1, -0.05) is 6.07 Å². The predicted molar refractivity (Wildman–Crippen MR) is 118 cm³/mol. The third-order valence-corrected chi connectivity index (χ3v) is 6.37. The summed E-state index contributed by atoms with van der Waals surface area (Å²) in [6.07, 6.45) is 9.18. The summed E-state index contributed by atoms with van der Waals surface area (Å²) < 4.78 is 1.99. The second kappa shape index (κ2) is 9.11. The minimum absolute atomic E-state index is 0.0367. The molecule has 31 heavy (non-hydrogen) atoms. The van der Waals surface area contributed by atoms with E-state index in [1.54, 1.807) is 6.20 Å². The molecule has 0 bridgehead atoms. The van der Waals surface area contributed by atoms with Crippen molar-refractivity contribution < 1.29 is 4.79 Å². The maximum Gasteiger partial charge on any atom is 0.252 e. The first-order valence-corrected chi connectivity index (χ1v) is 11.2. The average molecular weight is 420 g/mol. The number of pyridine rings is 2. The van der Waals surface area contributed by atoms with Crippen molar-refractivity contribution in [2.45, 2.75) is 31.7 Å². The highest BCUT2D eigenvalue weighted by molar-refractivity contribution is 5.94. The van der Waals surface area contributed by atoms with Crippen LogP contribution in [-0.4, -0.2) is 74.6 Å². The van der Waals surface area contributed by atoms with Gasteiger partial charge in [-0.05, 0) is 62.7 Å². The van der Waals surface area contributed by atoms with Crippen LogP contribution in [0.25, 0.3) is 5.65 Å². The normalized spacial score (nSPS) is 19.9. The Morgan fingerprint density at radius 1 is 1.10 bits per heavy atom. The van der Waals surface area contributed by atoms with E-state index in [0.29, 0.717) is 18.0 Å². The third-order valence-electron chi connectivity index (χ3n) is 6.37. The van der Waals surface area contributed by atoms with E-state index >= 15 is 0 Å². The molecule has 0 aliphatic carbocycles. The summed E-state index contributed by atoms with van der Waals surface area (Å²) in [7, 11) is 0. The first kappa shape index (κ1) is 20.1. The molecule has 2 aliphatic heterocycles. The monoisotopic (exact) mass is 419 g/mol. The Hall–Kier alpha value is -2.84. The fraction of sp³-hybridized carbons (Fsp3) is 0.478. The van der Waals surface area contributed by atoms with Crippen LogP contribution in [0.3, 0.4) is 0 Å². The Balaban J connectivity index is 1.24. The van der Waals surface area contributed by atoms with Gasteiger partial charge in [0.2, 0.25) is 0 Å². The summed E-state index contributed by atoms with van der Waals surface area (Å²) in [5, 5.41) is 11.9. The maximum atomic E-state index is 12.7. The van der Waals surface area contributed by atoms with Crippen LogP contribution in [0.4, 0.5) is 0 Å². The molecule has 8 nitrogen and oxygen atoms in total. The molecule has 162 valence electrons. The lowest BCUT2D eigenvalue weighted by Crippen LogP contribution is -2.33. The van der Waals surface area contributed by atoms with Gasteiger partial charge in [-0.15, -0.1) is 10.2 Å². The maximum absolute atomic E-state index is 12.7. The van der Waals surface area contributed by atoms with Crippen molar-refractivity contribution in [2.75, 3.05) is 39.3 Å². The molecule has 3 aromatic heterocycles. The average Bonchev–Trinajstić information content (AvgIpc) is 3.55. The van der Waals surface area contributed by atoms with E-state index in [-0.39, 0.29) is 5.91 Å². The second-order valence-electron chi connectivity index (χ2n) is 8.59. The number of likely N-dealkylation sites (tertiary alicyclic amines) is 2. The van der Waals surface area contributed by atoms with Crippen molar-refractivity contribution in [3.05, 3.63) is 59.8 Å². The zero-order valence-corrected chi connectivity index (χ0v) is 17.8. The first-order valence-electron chi connectivity index (χ1n) is 11.2. The molecule has 2 fully saturated rings. The summed E-state index contributed by atoms with van der Waals surface area (Å²) in [5.74, 6) is 1.21. The molecule has 1 amide bonds. The number of fused-ring (bicyclic) bond motifs is 1. The summed E-state index contributed by atoms with van der Waals surface area (Å²) in [4.78, 5) is 21.7. The molecule has 0 spiro atoms. The number of nitrogens with one attached hydrogen (secondary N) is 1. The fourth-order valence-electron chi connectivity index (χ4n) is 4.69. The molecular weight excluding hydrogens is 390 g/mol. The van der Waals surface area contributed by atoms with Crippen LogP contribution in [0.1, 0.15) is 46.9 Å². The lowest BCUT2D eigenvalue weighted by atomic mass is 10.1. The molecule has 0 saturated carbocycles. The highest BCUT2D eigenvalue weighted by Gasteiger charge is 2.28. The van der Waals surface area contributed by atoms with Crippen LogP contribution in [0.2, 0.25) is 0 Å². The number of hydrogen-bond donors (Lipinski definition) is 1. The molecule has 1 unspecified atom stereocenters. The number of nitrogens with zero attached hydrogens (tertiary/aromatic N) is 6. The van der Waals surface area contributed by atoms with Gasteiger partial charge < -0.3 is 10.2 Å². The molecule has 3 aromatic rings. The quantitative estimate of drug-likeness (QED) is 0.631. The zero-order chi connectivity index (χ0) is 21.0. The lowest BCUT2D eigenvalue weighted by molar-refractivity contribution is 0.0949. The highest BCUT2D eigenvalue weighted by Crippen LogP contribution is 2.27. The van der Waals surface area contributed by atoms with Gasteiger partial charge in [0.15, 0.2) is 5.65 Å². The molecule has 5 rings (SSSR count). The van der Waals surface area contributed by atoms with Gasteiger partial charge in [-0.2, -0.15) is 0 Å². The third kappa shape index (κ3) is 4.60. The molecule has 0 aromatic carbocycles. The zero-order valence-electron chi connectivity index (χ0n) is 17.8. The lowest BCUT2D eigenvalue weighted by Gasteiger charge is -2.15. The van der Waals surface area contributed by atoms with Crippen molar-refractivity contribution in [1.29, 1.82) is 0 Å². The number of rotatable bonds is 7. The molecule has 2 aliphatic rings. The number of amides is 1. The number of aromatic nitrogens is 4. The summed E-state index contributed by atoms with van der Waals surface area (Å²) in [6.45, 7) is 6.73. The molecule has 0 radical (unpaired) electrons. The van der Waals surface area contributed by atoms with E-state index < -0.39 is 0 Å². The summed E-state index contributed by atoms with van der Waals surface area (Å²) >= 11 is 0. The van der Waals surface area contributed by atoms with Crippen LogP contribution in [0.5, 0.6) is 0 Å². The van der Waals surface area contributed by atoms with Gasteiger partial charge in [0.1, 0.15) is 5.82 Å². The summed E-state index contributed by atoms with van der Waals surface area (Å²) in [5.41, 5.74) is 2.66. The minimum atomic E-state index is -0.0367. The molecule has 1 N–H and O–H groups in total. The fourth-order valence-corrected chi connectivity index (χ4v) is 4.69.